The van der Waals surface area contributed by atoms with E-state index in [1.807, 2.05) is 0 Å². The van der Waals surface area contributed by atoms with Gasteiger partial charge in [0, 0.05) is 11.1 Å². The molecular weight excluding hydrogens is 309 g/mol. The fraction of sp³-hybridized carbons (Fsp3) is 0.400. The number of carbonyl (C=O) groups excluding carboxylic acids is 1. The van der Waals surface area contributed by atoms with Crippen molar-refractivity contribution < 1.29 is 13.6 Å². The van der Waals surface area contributed by atoms with E-state index < -0.39 is 5.82 Å². The van der Waals surface area contributed by atoms with Crippen LogP contribution in [0.2, 0.25) is 5.02 Å². The van der Waals surface area contributed by atoms with E-state index in [0.29, 0.717) is 5.56 Å². The third kappa shape index (κ3) is 3.44. The normalized spacial score (nSPS) is 15.2. The molecule has 1 N–H and O–H groups in total. The minimum Gasteiger partial charge on any atom is -0.417 e. The van der Waals surface area contributed by atoms with Gasteiger partial charge in [-0.25, -0.2) is 4.39 Å². The van der Waals surface area contributed by atoms with Crippen LogP contribution in [0.25, 0.3) is 0 Å². The molecule has 1 amide bonds. The van der Waals surface area contributed by atoms with Crippen LogP contribution in [-0.2, 0) is 6.42 Å². The summed E-state index contributed by atoms with van der Waals surface area (Å²) in [4.78, 5) is 12.0. The minimum absolute atomic E-state index is 0.0554. The lowest BCUT2D eigenvalue weighted by Gasteiger charge is -2.08. The molecule has 0 atom stereocenters. The molecule has 2 aromatic rings. The summed E-state index contributed by atoms with van der Waals surface area (Å²) in [7, 11) is 0. The molecule has 0 bridgehead atoms. The smallest absolute Gasteiger partial charge is 0.309 e. The van der Waals surface area contributed by atoms with E-state index in [2.05, 4.69) is 15.5 Å². The standard InChI is InChI=1S/C15H15ClFN3O2/c16-12-8-10(17)6-5-9(12)7-13-19-20-15(22-13)14(21)18-11-3-1-2-4-11/h5-6,8,11H,1-4,7H2,(H,18,21). The van der Waals surface area contributed by atoms with Crippen molar-refractivity contribution in [3.63, 3.8) is 0 Å². The Bertz CT molecular complexity index is 683. The fourth-order valence-corrected chi connectivity index (χ4v) is 2.80. The predicted octanol–water partition coefficient (Wildman–Crippen LogP) is 3.13. The Morgan fingerprint density at radius 2 is 2.14 bits per heavy atom. The zero-order chi connectivity index (χ0) is 15.5. The molecule has 1 aliphatic carbocycles. The molecule has 5 nitrogen and oxygen atoms in total. The summed E-state index contributed by atoms with van der Waals surface area (Å²) in [5.74, 6) is -0.544. The highest BCUT2D eigenvalue weighted by Gasteiger charge is 2.21. The summed E-state index contributed by atoms with van der Waals surface area (Å²) in [6, 6.07) is 4.28. The molecule has 1 aliphatic rings. The van der Waals surface area contributed by atoms with E-state index in [0.717, 1.165) is 25.7 Å². The monoisotopic (exact) mass is 323 g/mol. The third-order valence-corrected chi connectivity index (χ3v) is 4.06. The van der Waals surface area contributed by atoms with Crippen LogP contribution >= 0.6 is 11.6 Å². The molecule has 22 heavy (non-hydrogen) atoms. The molecule has 7 heteroatoms. The summed E-state index contributed by atoms with van der Waals surface area (Å²) >= 11 is 5.95. The van der Waals surface area contributed by atoms with Crippen molar-refractivity contribution in [3.8, 4) is 0 Å². The zero-order valence-corrected chi connectivity index (χ0v) is 12.6. The number of carbonyl (C=O) groups is 1. The van der Waals surface area contributed by atoms with Crippen molar-refractivity contribution in [1.82, 2.24) is 15.5 Å². The highest BCUT2D eigenvalue weighted by Crippen LogP contribution is 2.21. The molecule has 3 rings (SSSR count). The van der Waals surface area contributed by atoms with Gasteiger partial charge in [0.05, 0.1) is 6.42 Å². The molecule has 1 saturated carbocycles. The molecule has 116 valence electrons. The van der Waals surface area contributed by atoms with Crippen molar-refractivity contribution >= 4 is 17.5 Å². The van der Waals surface area contributed by atoms with Crippen molar-refractivity contribution in [2.75, 3.05) is 0 Å². The van der Waals surface area contributed by atoms with Gasteiger partial charge < -0.3 is 9.73 Å². The highest BCUT2D eigenvalue weighted by atomic mass is 35.5. The molecule has 0 spiro atoms. The van der Waals surface area contributed by atoms with Crippen LogP contribution in [0.4, 0.5) is 4.39 Å². The highest BCUT2D eigenvalue weighted by molar-refractivity contribution is 6.31. The second kappa shape index (κ2) is 6.44. The Morgan fingerprint density at radius 1 is 1.36 bits per heavy atom. The molecule has 0 unspecified atom stereocenters. The number of halogens is 2. The maximum atomic E-state index is 13.0. The Morgan fingerprint density at radius 3 is 2.86 bits per heavy atom. The van der Waals surface area contributed by atoms with Gasteiger partial charge in [0.15, 0.2) is 0 Å². The average molecular weight is 324 g/mol. The number of hydrogen-bond acceptors (Lipinski definition) is 4. The average Bonchev–Trinajstić information content (AvgIpc) is 3.13. The Hall–Kier alpha value is -1.95. The van der Waals surface area contributed by atoms with Crippen LogP contribution in [0.1, 0.15) is 47.8 Å². The summed E-state index contributed by atoms with van der Waals surface area (Å²) in [5, 5.41) is 10.8. The lowest BCUT2D eigenvalue weighted by molar-refractivity contribution is 0.0901. The van der Waals surface area contributed by atoms with Gasteiger partial charge in [0.25, 0.3) is 0 Å². The summed E-state index contributed by atoms with van der Waals surface area (Å²) < 4.78 is 18.4. The van der Waals surface area contributed by atoms with Gasteiger partial charge >= 0.3 is 11.8 Å². The van der Waals surface area contributed by atoms with Crippen LogP contribution in [0.15, 0.2) is 22.6 Å². The molecule has 0 aliphatic heterocycles. The number of rotatable bonds is 4. The fourth-order valence-electron chi connectivity index (χ4n) is 2.56. The lowest BCUT2D eigenvalue weighted by atomic mass is 10.1. The molecule has 0 saturated heterocycles. The molecule has 1 aromatic carbocycles. The lowest BCUT2D eigenvalue weighted by Crippen LogP contribution is -2.32. The van der Waals surface area contributed by atoms with Crippen LogP contribution in [0, 0.1) is 5.82 Å². The predicted molar refractivity (Wildman–Crippen MR) is 78.2 cm³/mol. The number of aromatic nitrogens is 2. The zero-order valence-electron chi connectivity index (χ0n) is 11.8. The van der Waals surface area contributed by atoms with Crippen LogP contribution < -0.4 is 5.32 Å². The van der Waals surface area contributed by atoms with Crippen LogP contribution in [-0.4, -0.2) is 22.1 Å². The molecular formula is C15H15ClFN3O2. The minimum atomic E-state index is -0.407. The number of nitrogens with one attached hydrogen (secondary N) is 1. The first-order valence-electron chi connectivity index (χ1n) is 7.19. The molecule has 1 heterocycles. The SMILES string of the molecule is O=C(NC1CCCC1)c1nnc(Cc2ccc(F)cc2Cl)o1. The van der Waals surface area contributed by atoms with Gasteiger partial charge in [-0.2, -0.15) is 0 Å². The van der Waals surface area contributed by atoms with E-state index in [-0.39, 0.29) is 35.2 Å². The molecule has 1 aromatic heterocycles. The maximum absolute atomic E-state index is 13.0. The maximum Gasteiger partial charge on any atom is 0.309 e. The Kier molecular flexibility index (Phi) is 4.38. The van der Waals surface area contributed by atoms with Crippen molar-refractivity contribution in [3.05, 3.63) is 46.4 Å². The number of nitrogens with zero attached hydrogens (tertiary/aromatic N) is 2. The van der Waals surface area contributed by atoms with Gasteiger partial charge in [-0.05, 0) is 30.5 Å². The third-order valence-electron chi connectivity index (χ3n) is 3.71. The first-order chi connectivity index (χ1) is 10.6. The van der Waals surface area contributed by atoms with Gasteiger partial charge in [-0.3, -0.25) is 4.79 Å². The van der Waals surface area contributed by atoms with Crippen molar-refractivity contribution in [2.24, 2.45) is 0 Å². The molecule has 1 fully saturated rings. The van der Waals surface area contributed by atoms with Gasteiger partial charge in [-0.1, -0.05) is 30.5 Å². The van der Waals surface area contributed by atoms with E-state index in [9.17, 15) is 9.18 Å². The molecule has 0 radical (unpaired) electrons. The van der Waals surface area contributed by atoms with E-state index in [1.54, 1.807) is 6.07 Å². The summed E-state index contributed by atoms with van der Waals surface area (Å²) in [5.41, 5.74) is 0.662. The van der Waals surface area contributed by atoms with Gasteiger partial charge in [-0.15, -0.1) is 10.2 Å². The van der Waals surface area contributed by atoms with E-state index in [1.165, 1.54) is 12.1 Å². The number of amides is 1. The van der Waals surface area contributed by atoms with Crippen LogP contribution in [0.5, 0.6) is 0 Å². The van der Waals surface area contributed by atoms with Gasteiger partial charge in [0.1, 0.15) is 5.82 Å². The number of hydrogen-bond donors (Lipinski definition) is 1. The first-order valence-corrected chi connectivity index (χ1v) is 7.57. The Balaban J connectivity index is 1.66. The quantitative estimate of drug-likeness (QED) is 0.938. The summed E-state index contributed by atoms with van der Waals surface area (Å²) in [6.07, 6.45) is 4.48. The van der Waals surface area contributed by atoms with Gasteiger partial charge in [0.2, 0.25) is 5.89 Å². The second-order valence-electron chi connectivity index (χ2n) is 5.37. The second-order valence-corrected chi connectivity index (χ2v) is 5.78. The van der Waals surface area contributed by atoms with Crippen molar-refractivity contribution in [2.45, 2.75) is 38.1 Å². The first kappa shape index (κ1) is 15.0. The largest absolute Gasteiger partial charge is 0.417 e. The van der Waals surface area contributed by atoms with E-state index >= 15 is 0 Å². The van der Waals surface area contributed by atoms with E-state index in [4.69, 9.17) is 16.0 Å². The summed E-state index contributed by atoms with van der Waals surface area (Å²) in [6.45, 7) is 0. The van der Waals surface area contributed by atoms with Crippen LogP contribution in [0.3, 0.4) is 0 Å². The number of benzene rings is 1. The van der Waals surface area contributed by atoms with Crippen molar-refractivity contribution in [1.29, 1.82) is 0 Å². The Labute approximate surface area is 131 Å². The topological polar surface area (TPSA) is 68.0 Å².